The normalized spacial score (nSPS) is 17.3. The van der Waals surface area contributed by atoms with Crippen LogP contribution in [0.5, 0.6) is 0 Å². The Kier molecular flexibility index (Phi) is 5.75. The van der Waals surface area contributed by atoms with Gasteiger partial charge >= 0.3 is 0 Å². The first-order valence-corrected chi connectivity index (χ1v) is 8.53. The topological polar surface area (TPSA) is 69.8 Å². The van der Waals surface area contributed by atoms with Crippen molar-refractivity contribution in [2.75, 3.05) is 32.7 Å². The van der Waals surface area contributed by atoms with Crippen LogP contribution in [0.25, 0.3) is 0 Å². The highest BCUT2D eigenvalue weighted by atomic mass is 16.6. The third kappa shape index (κ3) is 4.85. The number of rotatable bonds is 6. The fourth-order valence-electron chi connectivity index (χ4n) is 3.17. The lowest BCUT2D eigenvalue weighted by molar-refractivity contribution is -0.385. The number of aliphatic hydroxyl groups excluding tert-OH is 1. The van der Waals surface area contributed by atoms with Crippen molar-refractivity contribution in [2.24, 2.45) is 0 Å². The van der Waals surface area contributed by atoms with Crippen LogP contribution in [0.1, 0.15) is 17.2 Å². The smallest absolute Gasteiger partial charge is 0.269 e. The molecular weight excluding hydrogens is 318 g/mol. The molecule has 1 fully saturated rings. The van der Waals surface area contributed by atoms with Crippen LogP contribution in [0.3, 0.4) is 0 Å². The van der Waals surface area contributed by atoms with Gasteiger partial charge in [0.25, 0.3) is 5.69 Å². The van der Waals surface area contributed by atoms with Crippen molar-refractivity contribution >= 4 is 5.69 Å². The molecule has 1 aliphatic heterocycles. The number of non-ortho nitro benzene ring substituents is 1. The molecule has 1 saturated heterocycles. The van der Waals surface area contributed by atoms with Crippen molar-refractivity contribution in [1.29, 1.82) is 0 Å². The highest BCUT2D eigenvalue weighted by Gasteiger charge is 2.21. The molecule has 6 nitrogen and oxygen atoms in total. The lowest BCUT2D eigenvalue weighted by Crippen LogP contribution is -2.47. The molecule has 1 aliphatic rings. The molecule has 0 aliphatic carbocycles. The number of β-amino-alcohol motifs (C(OH)–C–C–N with tert-alkyl or cyclic N) is 1. The van der Waals surface area contributed by atoms with Gasteiger partial charge in [-0.05, 0) is 11.1 Å². The molecule has 25 heavy (non-hydrogen) atoms. The Bertz CT molecular complexity index is 700. The fraction of sp³-hybridized carbons (Fsp3) is 0.368. The number of nitro groups is 1. The molecule has 0 saturated carbocycles. The molecule has 6 heteroatoms. The van der Waals surface area contributed by atoms with E-state index in [-0.39, 0.29) is 5.69 Å². The van der Waals surface area contributed by atoms with Crippen LogP contribution in [0.15, 0.2) is 54.6 Å². The van der Waals surface area contributed by atoms with Crippen LogP contribution in [0.4, 0.5) is 5.69 Å². The monoisotopic (exact) mass is 341 g/mol. The molecular formula is C19H23N3O3. The van der Waals surface area contributed by atoms with Crippen LogP contribution in [-0.4, -0.2) is 52.6 Å². The van der Waals surface area contributed by atoms with Gasteiger partial charge in [-0.25, -0.2) is 0 Å². The van der Waals surface area contributed by atoms with Crippen molar-refractivity contribution in [3.63, 3.8) is 0 Å². The lowest BCUT2D eigenvalue weighted by atomic mass is 10.1. The van der Waals surface area contributed by atoms with Gasteiger partial charge in [-0.1, -0.05) is 42.5 Å². The molecule has 1 N–H and O–H groups in total. The van der Waals surface area contributed by atoms with Crippen molar-refractivity contribution in [3.05, 3.63) is 75.8 Å². The van der Waals surface area contributed by atoms with Gasteiger partial charge in [-0.2, -0.15) is 0 Å². The molecule has 0 bridgehead atoms. The van der Waals surface area contributed by atoms with Crippen LogP contribution in [-0.2, 0) is 6.54 Å². The summed E-state index contributed by atoms with van der Waals surface area (Å²) in [4.78, 5) is 15.0. The second-order valence-corrected chi connectivity index (χ2v) is 6.43. The minimum absolute atomic E-state index is 0.0178. The van der Waals surface area contributed by atoms with Crippen LogP contribution >= 0.6 is 0 Å². The van der Waals surface area contributed by atoms with Crippen molar-refractivity contribution < 1.29 is 10.0 Å². The molecule has 1 unspecified atom stereocenters. The number of hydrogen-bond acceptors (Lipinski definition) is 5. The Labute approximate surface area is 147 Å². The van der Waals surface area contributed by atoms with Gasteiger partial charge in [-0.15, -0.1) is 0 Å². The fourth-order valence-corrected chi connectivity index (χ4v) is 3.17. The summed E-state index contributed by atoms with van der Waals surface area (Å²) in [5, 5.41) is 21.3. The van der Waals surface area contributed by atoms with Crippen LogP contribution < -0.4 is 0 Å². The molecule has 3 rings (SSSR count). The molecule has 0 radical (unpaired) electrons. The average molecular weight is 341 g/mol. The van der Waals surface area contributed by atoms with E-state index in [9.17, 15) is 15.2 Å². The van der Waals surface area contributed by atoms with Crippen molar-refractivity contribution in [1.82, 2.24) is 9.80 Å². The van der Waals surface area contributed by atoms with Gasteiger partial charge in [0.1, 0.15) is 0 Å². The molecule has 2 aromatic carbocycles. The Morgan fingerprint density at radius 1 is 1.00 bits per heavy atom. The van der Waals surface area contributed by atoms with Gasteiger partial charge in [0, 0.05) is 51.4 Å². The van der Waals surface area contributed by atoms with E-state index in [4.69, 9.17) is 0 Å². The third-order valence-electron chi connectivity index (χ3n) is 4.61. The number of hydrogen-bond donors (Lipinski definition) is 1. The molecule has 132 valence electrons. The second kappa shape index (κ2) is 8.20. The number of nitro benzene ring substituents is 1. The second-order valence-electron chi connectivity index (χ2n) is 6.43. The first kappa shape index (κ1) is 17.5. The zero-order valence-electron chi connectivity index (χ0n) is 14.1. The number of piperazine rings is 1. The van der Waals surface area contributed by atoms with E-state index >= 15 is 0 Å². The third-order valence-corrected chi connectivity index (χ3v) is 4.61. The molecule has 0 aromatic heterocycles. The highest BCUT2D eigenvalue weighted by Crippen LogP contribution is 2.20. The molecule has 0 amide bonds. The number of aliphatic hydroxyl groups is 1. The van der Waals surface area contributed by atoms with E-state index in [0.29, 0.717) is 12.1 Å². The summed E-state index contributed by atoms with van der Waals surface area (Å²) in [6, 6.07) is 16.7. The van der Waals surface area contributed by atoms with E-state index in [1.54, 1.807) is 12.1 Å². The van der Waals surface area contributed by atoms with Gasteiger partial charge in [0.05, 0.1) is 11.0 Å². The number of nitrogens with zero attached hydrogens (tertiary/aromatic N) is 3. The quantitative estimate of drug-likeness (QED) is 0.645. The average Bonchev–Trinajstić information content (AvgIpc) is 2.64. The number of benzene rings is 2. The summed E-state index contributed by atoms with van der Waals surface area (Å²) in [5.41, 5.74) is 1.93. The SMILES string of the molecule is O=[N+]([O-])c1cccc(C(O)CN2CCN(Cc3ccccc3)CC2)c1. The predicted molar refractivity (Wildman–Crippen MR) is 96.2 cm³/mol. The van der Waals surface area contributed by atoms with Crippen molar-refractivity contribution in [3.8, 4) is 0 Å². The van der Waals surface area contributed by atoms with E-state index in [1.807, 2.05) is 6.07 Å². The summed E-state index contributed by atoms with van der Waals surface area (Å²) < 4.78 is 0. The highest BCUT2D eigenvalue weighted by molar-refractivity contribution is 5.35. The largest absolute Gasteiger partial charge is 0.387 e. The summed E-state index contributed by atoms with van der Waals surface area (Å²) in [5.74, 6) is 0. The van der Waals surface area contributed by atoms with E-state index in [0.717, 1.165) is 32.7 Å². The lowest BCUT2D eigenvalue weighted by Gasteiger charge is -2.35. The minimum Gasteiger partial charge on any atom is -0.387 e. The summed E-state index contributed by atoms with van der Waals surface area (Å²) >= 11 is 0. The van der Waals surface area contributed by atoms with Crippen LogP contribution in [0.2, 0.25) is 0 Å². The summed E-state index contributed by atoms with van der Waals surface area (Å²) in [7, 11) is 0. The van der Waals surface area contributed by atoms with Gasteiger partial charge in [-0.3, -0.25) is 19.9 Å². The molecule has 1 heterocycles. The van der Waals surface area contributed by atoms with E-state index < -0.39 is 11.0 Å². The standard InChI is InChI=1S/C19H23N3O3/c23-19(17-7-4-8-18(13-17)22(24)25)15-21-11-9-20(10-12-21)14-16-5-2-1-3-6-16/h1-8,13,19,23H,9-12,14-15H2. The molecule has 1 atom stereocenters. The zero-order chi connectivity index (χ0) is 17.6. The van der Waals surface area contributed by atoms with Gasteiger partial charge in [0.2, 0.25) is 0 Å². The Morgan fingerprint density at radius 3 is 2.36 bits per heavy atom. The first-order valence-electron chi connectivity index (χ1n) is 8.53. The Balaban J connectivity index is 1.50. The first-order chi connectivity index (χ1) is 12.1. The van der Waals surface area contributed by atoms with E-state index in [1.165, 1.54) is 17.7 Å². The van der Waals surface area contributed by atoms with Crippen LogP contribution in [0, 0.1) is 10.1 Å². The Morgan fingerprint density at radius 2 is 1.68 bits per heavy atom. The maximum absolute atomic E-state index is 10.9. The molecule has 2 aromatic rings. The maximum atomic E-state index is 10.9. The maximum Gasteiger partial charge on any atom is 0.269 e. The Hall–Kier alpha value is -2.28. The summed E-state index contributed by atoms with van der Waals surface area (Å²) in [6.45, 7) is 5.13. The van der Waals surface area contributed by atoms with Crippen molar-refractivity contribution in [2.45, 2.75) is 12.6 Å². The zero-order valence-corrected chi connectivity index (χ0v) is 14.1. The minimum atomic E-state index is -0.708. The predicted octanol–water partition coefficient (Wildman–Crippen LogP) is 2.45. The molecule has 0 spiro atoms. The van der Waals surface area contributed by atoms with Gasteiger partial charge < -0.3 is 5.11 Å². The summed E-state index contributed by atoms with van der Waals surface area (Å²) in [6.07, 6.45) is -0.708. The van der Waals surface area contributed by atoms with E-state index in [2.05, 4.69) is 34.1 Å². The van der Waals surface area contributed by atoms with Gasteiger partial charge in [0.15, 0.2) is 0 Å².